The highest BCUT2D eigenvalue weighted by Crippen LogP contribution is 2.27. The van der Waals surface area contributed by atoms with E-state index < -0.39 is 0 Å². The Labute approximate surface area is 63.5 Å². The maximum absolute atomic E-state index is 4.44. The summed E-state index contributed by atoms with van der Waals surface area (Å²) >= 11 is 0. The van der Waals surface area contributed by atoms with Gasteiger partial charge in [0.25, 0.3) is 0 Å². The van der Waals surface area contributed by atoms with Gasteiger partial charge in [0.05, 0.1) is 0 Å². The molecule has 1 heterocycles. The first-order valence-electron chi connectivity index (χ1n) is 4.14. The molecule has 0 aromatic heterocycles. The Morgan fingerprint density at radius 3 is 2.30 bits per heavy atom. The van der Waals surface area contributed by atoms with Crippen molar-refractivity contribution >= 4 is 5.71 Å². The fourth-order valence-electron chi connectivity index (χ4n) is 2.06. The zero-order valence-electron chi connectivity index (χ0n) is 7.39. The van der Waals surface area contributed by atoms with Crippen molar-refractivity contribution in [3.8, 4) is 0 Å². The Kier molecular flexibility index (Phi) is 2.12. The molecule has 1 nitrogen and oxygen atoms in total. The van der Waals surface area contributed by atoms with E-state index in [9.17, 15) is 0 Å². The first kappa shape index (κ1) is 7.77. The highest BCUT2D eigenvalue weighted by Gasteiger charge is 2.27. The van der Waals surface area contributed by atoms with Gasteiger partial charge in [-0.25, -0.2) is 0 Å². The second-order valence-corrected chi connectivity index (χ2v) is 3.73. The van der Waals surface area contributed by atoms with Crippen LogP contribution in [0, 0.1) is 17.8 Å². The van der Waals surface area contributed by atoms with Crippen LogP contribution in [0.3, 0.4) is 0 Å². The second-order valence-electron chi connectivity index (χ2n) is 3.73. The summed E-state index contributed by atoms with van der Waals surface area (Å²) in [6.45, 7) is 10.1. The van der Waals surface area contributed by atoms with Crippen molar-refractivity contribution in [3.63, 3.8) is 0 Å². The van der Waals surface area contributed by atoms with Gasteiger partial charge in [-0.2, -0.15) is 0 Å². The Bertz CT molecular complexity index is 147. The quantitative estimate of drug-likeness (QED) is 0.529. The van der Waals surface area contributed by atoms with Crippen molar-refractivity contribution in [2.75, 3.05) is 6.54 Å². The molecular formula is C9H17N. The molecule has 58 valence electrons. The molecule has 0 saturated heterocycles. The van der Waals surface area contributed by atoms with Gasteiger partial charge >= 0.3 is 0 Å². The van der Waals surface area contributed by atoms with Crippen LogP contribution >= 0.6 is 0 Å². The SMILES string of the molecule is CC1=NCC(C)C1C(C)C. The van der Waals surface area contributed by atoms with E-state index >= 15 is 0 Å². The number of hydrogen-bond donors (Lipinski definition) is 0. The monoisotopic (exact) mass is 139 g/mol. The molecule has 1 aliphatic heterocycles. The summed E-state index contributed by atoms with van der Waals surface area (Å²) < 4.78 is 0. The van der Waals surface area contributed by atoms with Crippen LogP contribution in [0.4, 0.5) is 0 Å². The lowest BCUT2D eigenvalue weighted by molar-refractivity contribution is 0.388. The maximum Gasteiger partial charge on any atom is 0.0420 e. The van der Waals surface area contributed by atoms with Gasteiger partial charge in [0.15, 0.2) is 0 Å². The normalized spacial score (nSPS) is 33.1. The lowest BCUT2D eigenvalue weighted by Crippen LogP contribution is -2.20. The molecule has 10 heavy (non-hydrogen) atoms. The van der Waals surface area contributed by atoms with Crippen LogP contribution in [-0.2, 0) is 0 Å². The highest BCUT2D eigenvalue weighted by molar-refractivity contribution is 5.86. The first-order valence-corrected chi connectivity index (χ1v) is 4.14. The molecular weight excluding hydrogens is 122 g/mol. The standard InChI is InChI=1S/C9H17N/c1-6(2)9-7(3)5-10-8(9)4/h6-7,9H,5H2,1-4H3. The van der Waals surface area contributed by atoms with Gasteiger partial charge in [-0.3, -0.25) is 4.99 Å². The maximum atomic E-state index is 4.44. The molecule has 0 aliphatic carbocycles. The summed E-state index contributed by atoms with van der Waals surface area (Å²) in [5, 5.41) is 0. The fraction of sp³-hybridized carbons (Fsp3) is 0.889. The molecule has 0 N–H and O–H groups in total. The molecule has 2 unspecified atom stereocenters. The lowest BCUT2D eigenvalue weighted by Gasteiger charge is -2.19. The molecule has 1 rings (SSSR count). The summed E-state index contributed by atoms with van der Waals surface area (Å²) in [5.74, 6) is 2.29. The molecule has 0 aromatic carbocycles. The smallest absolute Gasteiger partial charge is 0.0420 e. The van der Waals surface area contributed by atoms with Crippen LogP contribution in [0.5, 0.6) is 0 Å². The number of hydrogen-bond acceptors (Lipinski definition) is 1. The molecule has 0 spiro atoms. The van der Waals surface area contributed by atoms with E-state index in [0.717, 1.165) is 24.3 Å². The predicted octanol–water partition coefficient (Wildman–Crippen LogP) is 2.37. The predicted molar refractivity (Wildman–Crippen MR) is 45.5 cm³/mol. The molecule has 0 saturated carbocycles. The Morgan fingerprint density at radius 1 is 1.50 bits per heavy atom. The van der Waals surface area contributed by atoms with Gasteiger partial charge in [0.1, 0.15) is 0 Å². The number of aliphatic imine (C=N–C) groups is 1. The van der Waals surface area contributed by atoms with Crippen LogP contribution in [0.25, 0.3) is 0 Å². The average molecular weight is 139 g/mol. The minimum Gasteiger partial charge on any atom is -0.294 e. The molecule has 2 atom stereocenters. The third kappa shape index (κ3) is 1.23. The Balaban J connectivity index is 2.64. The third-order valence-electron chi connectivity index (χ3n) is 2.44. The van der Waals surface area contributed by atoms with Gasteiger partial charge in [0.2, 0.25) is 0 Å². The van der Waals surface area contributed by atoms with Crippen molar-refractivity contribution < 1.29 is 0 Å². The van der Waals surface area contributed by atoms with Crippen LogP contribution in [0.2, 0.25) is 0 Å². The van der Waals surface area contributed by atoms with Gasteiger partial charge in [-0.15, -0.1) is 0 Å². The van der Waals surface area contributed by atoms with Gasteiger partial charge in [0, 0.05) is 18.2 Å². The largest absolute Gasteiger partial charge is 0.294 e. The van der Waals surface area contributed by atoms with Crippen molar-refractivity contribution in [1.82, 2.24) is 0 Å². The molecule has 0 bridgehead atoms. The van der Waals surface area contributed by atoms with Crippen molar-refractivity contribution in [3.05, 3.63) is 0 Å². The van der Waals surface area contributed by atoms with Gasteiger partial charge in [-0.1, -0.05) is 20.8 Å². The summed E-state index contributed by atoms with van der Waals surface area (Å²) in [4.78, 5) is 4.44. The zero-order valence-corrected chi connectivity index (χ0v) is 7.39. The summed E-state index contributed by atoms with van der Waals surface area (Å²) in [5.41, 5.74) is 1.36. The lowest BCUT2D eigenvalue weighted by atomic mass is 9.84. The van der Waals surface area contributed by atoms with Crippen molar-refractivity contribution in [2.24, 2.45) is 22.7 Å². The molecule has 0 fully saturated rings. The molecule has 0 aromatic rings. The molecule has 1 aliphatic rings. The summed E-state index contributed by atoms with van der Waals surface area (Å²) in [6, 6.07) is 0. The summed E-state index contributed by atoms with van der Waals surface area (Å²) in [7, 11) is 0. The van der Waals surface area contributed by atoms with Gasteiger partial charge in [-0.05, 0) is 18.8 Å². The zero-order chi connectivity index (χ0) is 7.72. The van der Waals surface area contributed by atoms with Crippen LogP contribution in [0.15, 0.2) is 4.99 Å². The molecule has 0 radical (unpaired) electrons. The van der Waals surface area contributed by atoms with Crippen LogP contribution in [-0.4, -0.2) is 12.3 Å². The molecule has 0 amide bonds. The third-order valence-corrected chi connectivity index (χ3v) is 2.44. The second kappa shape index (κ2) is 2.73. The van der Waals surface area contributed by atoms with Crippen LogP contribution in [0.1, 0.15) is 27.7 Å². The van der Waals surface area contributed by atoms with Crippen LogP contribution < -0.4 is 0 Å². The van der Waals surface area contributed by atoms with E-state index in [1.54, 1.807) is 0 Å². The minimum absolute atomic E-state index is 0.750. The molecule has 1 heteroatoms. The van der Waals surface area contributed by atoms with E-state index in [4.69, 9.17) is 0 Å². The van der Waals surface area contributed by atoms with Crippen molar-refractivity contribution in [2.45, 2.75) is 27.7 Å². The van der Waals surface area contributed by atoms with E-state index in [0.29, 0.717) is 0 Å². The van der Waals surface area contributed by atoms with E-state index in [1.807, 2.05) is 0 Å². The minimum atomic E-state index is 0.750. The van der Waals surface area contributed by atoms with Crippen molar-refractivity contribution in [1.29, 1.82) is 0 Å². The topological polar surface area (TPSA) is 12.4 Å². The first-order chi connectivity index (χ1) is 4.63. The Hall–Kier alpha value is -0.330. The summed E-state index contributed by atoms with van der Waals surface area (Å²) in [6.07, 6.45) is 0. The van der Waals surface area contributed by atoms with E-state index in [-0.39, 0.29) is 0 Å². The highest BCUT2D eigenvalue weighted by atomic mass is 14.8. The number of nitrogens with zero attached hydrogens (tertiary/aromatic N) is 1. The van der Waals surface area contributed by atoms with E-state index in [2.05, 4.69) is 32.7 Å². The average Bonchev–Trinajstić information content (AvgIpc) is 2.11. The number of rotatable bonds is 1. The Morgan fingerprint density at radius 2 is 2.10 bits per heavy atom. The fourth-order valence-corrected chi connectivity index (χ4v) is 2.06. The van der Waals surface area contributed by atoms with E-state index in [1.165, 1.54) is 5.71 Å². The van der Waals surface area contributed by atoms with Gasteiger partial charge < -0.3 is 0 Å².